The van der Waals surface area contributed by atoms with Gasteiger partial charge in [-0.05, 0) is 43.3 Å². The summed E-state index contributed by atoms with van der Waals surface area (Å²) in [6, 6.07) is 16.1. The van der Waals surface area contributed by atoms with Gasteiger partial charge in [-0.2, -0.15) is 0 Å². The van der Waals surface area contributed by atoms with Crippen molar-refractivity contribution in [1.82, 2.24) is 9.55 Å². The SMILES string of the molecule is Cc1ccc(-c2cccnc2)n1-c1ccccc1N. The van der Waals surface area contributed by atoms with E-state index in [1.54, 1.807) is 6.20 Å². The summed E-state index contributed by atoms with van der Waals surface area (Å²) in [5, 5.41) is 0. The average Bonchev–Trinajstić information content (AvgIpc) is 2.82. The Kier molecular flexibility index (Phi) is 2.80. The molecule has 1 aromatic carbocycles. The lowest BCUT2D eigenvalue weighted by Crippen LogP contribution is -2.02. The highest BCUT2D eigenvalue weighted by Crippen LogP contribution is 2.28. The summed E-state index contributed by atoms with van der Waals surface area (Å²) in [4.78, 5) is 4.18. The minimum Gasteiger partial charge on any atom is -0.397 e. The number of nitrogen functional groups attached to an aromatic ring is 1. The highest BCUT2D eigenvalue weighted by Gasteiger charge is 2.11. The fourth-order valence-electron chi connectivity index (χ4n) is 2.29. The molecule has 19 heavy (non-hydrogen) atoms. The number of pyridine rings is 1. The summed E-state index contributed by atoms with van der Waals surface area (Å²) in [5.74, 6) is 0. The van der Waals surface area contributed by atoms with Crippen LogP contribution in [0.4, 0.5) is 5.69 Å². The molecule has 2 N–H and O–H groups in total. The van der Waals surface area contributed by atoms with E-state index in [0.29, 0.717) is 0 Å². The van der Waals surface area contributed by atoms with Gasteiger partial charge in [-0.1, -0.05) is 12.1 Å². The molecule has 0 atom stereocenters. The molecule has 3 aromatic rings. The number of rotatable bonds is 2. The van der Waals surface area contributed by atoms with Gasteiger partial charge in [0.15, 0.2) is 0 Å². The fourth-order valence-corrected chi connectivity index (χ4v) is 2.29. The van der Waals surface area contributed by atoms with Crippen molar-refractivity contribution in [2.75, 3.05) is 5.73 Å². The van der Waals surface area contributed by atoms with E-state index < -0.39 is 0 Å². The zero-order valence-electron chi connectivity index (χ0n) is 10.7. The molecular formula is C16H15N3. The van der Waals surface area contributed by atoms with Gasteiger partial charge in [-0.15, -0.1) is 0 Å². The Labute approximate surface area is 112 Å². The van der Waals surface area contributed by atoms with E-state index in [2.05, 4.69) is 34.7 Å². The van der Waals surface area contributed by atoms with Crippen molar-refractivity contribution in [2.45, 2.75) is 6.92 Å². The highest BCUT2D eigenvalue weighted by molar-refractivity contribution is 5.68. The van der Waals surface area contributed by atoms with Crippen molar-refractivity contribution >= 4 is 5.69 Å². The summed E-state index contributed by atoms with van der Waals surface area (Å²) < 4.78 is 2.16. The maximum atomic E-state index is 6.09. The molecular weight excluding hydrogens is 234 g/mol. The third-order valence-corrected chi connectivity index (χ3v) is 3.21. The number of aromatic nitrogens is 2. The number of aryl methyl sites for hydroxylation is 1. The number of benzene rings is 1. The Hall–Kier alpha value is -2.55. The summed E-state index contributed by atoms with van der Waals surface area (Å²) in [6.45, 7) is 2.08. The van der Waals surface area contributed by atoms with Gasteiger partial charge >= 0.3 is 0 Å². The molecule has 0 spiro atoms. The van der Waals surface area contributed by atoms with Gasteiger partial charge in [0, 0.05) is 23.7 Å². The van der Waals surface area contributed by atoms with Crippen LogP contribution in [-0.4, -0.2) is 9.55 Å². The second-order valence-corrected chi connectivity index (χ2v) is 4.50. The van der Waals surface area contributed by atoms with Crippen LogP contribution in [0.2, 0.25) is 0 Å². The summed E-state index contributed by atoms with van der Waals surface area (Å²) in [6.07, 6.45) is 3.64. The van der Waals surface area contributed by atoms with Crippen LogP contribution in [0.3, 0.4) is 0 Å². The topological polar surface area (TPSA) is 43.8 Å². The van der Waals surface area contributed by atoms with Gasteiger partial charge < -0.3 is 10.3 Å². The molecule has 0 aliphatic rings. The number of hydrogen-bond donors (Lipinski definition) is 1. The number of nitrogens with zero attached hydrogens (tertiary/aromatic N) is 2. The van der Waals surface area contributed by atoms with Crippen molar-refractivity contribution in [2.24, 2.45) is 0 Å². The zero-order chi connectivity index (χ0) is 13.2. The first-order valence-electron chi connectivity index (χ1n) is 6.21. The molecule has 2 aromatic heterocycles. The molecule has 0 aliphatic carbocycles. The zero-order valence-corrected chi connectivity index (χ0v) is 10.7. The normalized spacial score (nSPS) is 10.6. The molecule has 0 aliphatic heterocycles. The summed E-state index contributed by atoms with van der Waals surface area (Å²) >= 11 is 0. The molecule has 3 nitrogen and oxygen atoms in total. The lowest BCUT2D eigenvalue weighted by molar-refractivity contribution is 1.02. The minimum absolute atomic E-state index is 0.770. The molecule has 0 saturated carbocycles. The van der Waals surface area contributed by atoms with E-state index in [0.717, 1.165) is 28.3 Å². The minimum atomic E-state index is 0.770. The number of anilines is 1. The van der Waals surface area contributed by atoms with Crippen LogP contribution in [-0.2, 0) is 0 Å². The fraction of sp³-hybridized carbons (Fsp3) is 0.0625. The molecule has 0 unspecified atom stereocenters. The third-order valence-electron chi connectivity index (χ3n) is 3.21. The molecule has 0 fully saturated rings. The second-order valence-electron chi connectivity index (χ2n) is 4.50. The van der Waals surface area contributed by atoms with Crippen LogP contribution in [0.1, 0.15) is 5.69 Å². The predicted octanol–water partition coefficient (Wildman–Crippen LogP) is 3.43. The number of para-hydroxylation sites is 2. The van der Waals surface area contributed by atoms with Gasteiger partial charge in [-0.25, -0.2) is 0 Å². The molecule has 0 bridgehead atoms. The Morgan fingerprint density at radius 3 is 2.58 bits per heavy atom. The molecule has 0 amide bonds. The first kappa shape index (κ1) is 11.5. The lowest BCUT2D eigenvalue weighted by Gasteiger charge is -2.14. The predicted molar refractivity (Wildman–Crippen MR) is 78.1 cm³/mol. The van der Waals surface area contributed by atoms with E-state index in [1.165, 1.54) is 0 Å². The number of hydrogen-bond acceptors (Lipinski definition) is 2. The van der Waals surface area contributed by atoms with Crippen LogP contribution in [0.25, 0.3) is 16.9 Å². The van der Waals surface area contributed by atoms with E-state index >= 15 is 0 Å². The second kappa shape index (κ2) is 4.61. The quantitative estimate of drug-likeness (QED) is 0.707. The van der Waals surface area contributed by atoms with Gasteiger partial charge in [0.1, 0.15) is 0 Å². The van der Waals surface area contributed by atoms with Gasteiger partial charge in [0.2, 0.25) is 0 Å². The van der Waals surface area contributed by atoms with E-state index in [-0.39, 0.29) is 0 Å². The maximum Gasteiger partial charge on any atom is 0.0688 e. The van der Waals surface area contributed by atoms with Crippen LogP contribution < -0.4 is 5.73 Å². The van der Waals surface area contributed by atoms with Gasteiger partial charge in [0.05, 0.1) is 17.1 Å². The molecule has 3 heteroatoms. The van der Waals surface area contributed by atoms with Crippen molar-refractivity contribution in [3.8, 4) is 16.9 Å². The Morgan fingerprint density at radius 1 is 1.00 bits per heavy atom. The monoisotopic (exact) mass is 249 g/mol. The van der Waals surface area contributed by atoms with Crippen LogP contribution >= 0.6 is 0 Å². The molecule has 0 radical (unpaired) electrons. The largest absolute Gasteiger partial charge is 0.397 e. The standard InChI is InChI=1S/C16H15N3/c1-12-8-9-15(13-5-4-10-18-11-13)19(12)16-7-3-2-6-14(16)17/h2-11H,17H2,1H3. The van der Waals surface area contributed by atoms with Gasteiger partial charge in [-0.3, -0.25) is 4.98 Å². The molecule has 3 rings (SSSR count). The van der Waals surface area contributed by atoms with Crippen LogP contribution in [0.15, 0.2) is 60.9 Å². The third kappa shape index (κ3) is 1.99. The first-order valence-corrected chi connectivity index (χ1v) is 6.21. The van der Waals surface area contributed by atoms with Crippen LogP contribution in [0.5, 0.6) is 0 Å². The lowest BCUT2D eigenvalue weighted by atomic mass is 10.2. The van der Waals surface area contributed by atoms with Gasteiger partial charge in [0.25, 0.3) is 0 Å². The molecule has 2 heterocycles. The van der Waals surface area contributed by atoms with Crippen molar-refractivity contribution in [3.63, 3.8) is 0 Å². The highest BCUT2D eigenvalue weighted by atomic mass is 15.0. The van der Waals surface area contributed by atoms with Crippen molar-refractivity contribution < 1.29 is 0 Å². The van der Waals surface area contributed by atoms with Crippen LogP contribution in [0, 0.1) is 6.92 Å². The van der Waals surface area contributed by atoms with Crippen molar-refractivity contribution in [3.05, 3.63) is 66.6 Å². The molecule has 94 valence electrons. The molecule has 0 saturated heterocycles. The van der Waals surface area contributed by atoms with E-state index in [9.17, 15) is 0 Å². The Morgan fingerprint density at radius 2 is 1.84 bits per heavy atom. The average molecular weight is 249 g/mol. The Balaban J connectivity index is 2.23. The van der Waals surface area contributed by atoms with E-state index in [1.807, 2.05) is 36.5 Å². The number of nitrogens with two attached hydrogens (primary N) is 1. The maximum absolute atomic E-state index is 6.09. The Bertz CT molecular complexity index is 699. The summed E-state index contributed by atoms with van der Waals surface area (Å²) in [5.41, 5.74) is 11.2. The first-order chi connectivity index (χ1) is 9.27. The smallest absolute Gasteiger partial charge is 0.0688 e. The van der Waals surface area contributed by atoms with E-state index in [4.69, 9.17) is 5.73 Å². The van der Waals surface area contributed by atoms with Crippen molar-refractivity contribution in [1.29, 1.82) is 0 Å². The summed E-state index contributed by atoms with van der Waals surface area (Å²) in [7, 11) is 0.